The molecule has 2 aliphatic carbocycles. The minimum absolute atomic E-state index is 0.0347. The van der Waals surface area contributed by atoms with Crippen LogP contribution in [0.15, 0.2) is 0 Å². The zero-order valence-corrected chi connectivity index (χ0v) is 5.03. The van der Waals surface area contributed by atoms with Crippen LogP contribution in [0.5, 0.6) is 0 Å². The molecule has 0 unspecified atom stereocenters. The number of rotatable bonds is 1. The average molecular weight is 150 g/mol. The van der Waals surface area contributed by atoms with Crippen LogP contribution in [0.1, 0.15) is 12.8 Å². The maximum Gasteiger partial charge on any atom is 0.395 e. The molecule has 0 bridgehead atoms. The third kappa shape index (κ3) is 0.384. The van der Waals surface area contributed by atoms with Crippen molar-refractivity contribution in [2.24, 2.45) is 10.8 Å². The van der Waals surface area contributed by atoms with Gasteiger partial charge in [0.2, 0.25) is 0 Å². The molecule has 10 heavy (non-hydrogen) atoms. The molecule has 0 aromatic rings. The third-order valence-electron chi connectivity index (χ3n) is 2.71. The molecular weight excluding hydrogens is 145 g/mol. The van der Waals surface area contributed by atoms with E-state index in [1.54, 1.807) is 0 Å². The van der Waals surface area contributed by atoms with Gasteiger partial charge in [-0.1, -0.05) is 0 Å². The lowest BCUT2D eigenvalue weighted by molar-refractivity contribution is -0.168. The van der Waals surface area contributed by atoms with E-state index in [0.717, 1.165) is 0 Å². The van der Waals surface area contributed by atoms with Crippen molar-refractivity contribution in [3.63, 3.8) is 0 Å². The summed E-state index contributed by atoms with van der Waals surface area (Å²) < 4.78 is 35.8. The Morgan fingerprint density at radius 2 is 1.80 bits per heavy atom. The first-order valence-electron chi connectivity index (χ1n) is 3.01. The van der Waals surface area contributed by atoms with Crippen molar-refractivity contribution in [2.75, 3.05) is 0 Å². The van der Waals surface area contributed by atoms with E-state index in [4.69, 9.17) is 0 Å². The number of carbonyl (C=O) groups is 1. The highest BCUT2D eigenvalue weighted by Crippen LogP contribution is 2.89. The molecule has 2 saturated carbocycles. The molecule has 0 aliphatic heterocycles. The second-order valence-corrected chi connectivity index (χ2v) is 3.21. The maximum absolute atomic E-state index is 11.9. The monoisotopic (exact) mass is 150 g/mol. The summed E-state index contributed by atoms with van der Waals surface area (Å²) in [6, 6.07) is 0. The van der Waals surface area contributed by atoms with E-state index in [1.165, 1.54) is 0 Å². The normalized spacial score (nSPS) is 49.9. The van der Waals surface area contributed by atoms with Crippen molar-refractivity contribution in [3.05, 3.63) is 0 Å². The molecule has 0 atom stereocenters. The molecule has 4 heteroatoms. The smallest absolute Gasteiger partial charge is 0.303 e. The lowest BCUT2D eigenvalue weighted by Gasteiger charge is -2.06. The summed E-state index contributed by atoms with van der Waals surface area (Å²) in [6.45, 7) is 0. The Morgan fingerprint density at radius 1 is 1.30 bits per heavy atom. The predicted octanol–water partition coefficient (Wildman–Crippen LogP) is 1.53. The second-order valence-electron chi connectivity index (χ2n) is 3.21. The van der Waals surface area contributed by atoms with Crippen LogP contribution in [0, 0.1) is 10.8 Å². The zero-order chi connectivity index (χ0) is 7.62. The van der Waals surface area contributed by atoms with Gasteiger partial charge in [-0.2, -0.15) is 13.2 Å². The van der Waals surface area contributed by atoms with Crippen molar-refractivity contribution in [3.8, 4) is 0 Å². The van der Waals surface area contributed by atoms with E-state index in [2.05, 4.69) is 0 Å². The molecule has 0 radical (unpaired) electrons. The number of hydrogen-bond acceptors (Lipinski definition) is 1. The minimum atomic E-state index is -4.14. The van der Waals surface area contributed by atoms with Gasteiger partial charge in [0.1, 0.15) is 6.29 Å². The topological polar surface area (TPSA) is 17.1 Å². The summed E-state index contributed by atoms with van der Waals surface area (Å²) in [7, 11) is 0. The largest absolute Gasteiger partial charge is 0.395 e. The molecule has 0 N–H and O–H groups in total. The molecule has 0 saturated heterocycles. The quantitative estimate of drug-likeness (QED) is 0.518. The number of alkyl halides is 3. The highest BCUT2D eigenvalue weighted by atomic mass is 19.4. The molecule has 1 nitrogen and oxygen atoms in total. The predicted molar refractivity (Wildman–Crippen MR) is 26.2 cm³/mol. The van der Waals surface area contributed by atoms with E-state index < -0.39 is 17.0 Å². The van der Waals surface area contributed by atoms with E-state index in [0.29, 0.717) is 6.29 Å². The molecule has 0 aromatic heterocycles. The van der Waals surface area contributed by atoms with Gasteiger partial charge in [0, 0.05) is 5.41 Å². The van der Waals surface area contributed by atoms with Crippen LogP contribution in [0.3, 0.4) is 0 Å². The molecule has 2 rings (SSSR count). The second kappa shape index (κ2) is 1.12. The summed E-state index contributed by atoms with van der Waals surface area (Å²) >= 11 is 0. The molecule has 2 aliphatic rings. The fourth-order valence-electron chi connectivity index (χ4n) is 1.62. The highest BCUT2D eigenvalue weighted by Gasteiger charge is 2.93. The van der Waals surface area contributed by atoms with Gasteiger partial charge in [-0.3, -0.25) is 0 Å². The first-order chi connectivity index (χ1) is 4.47. The van der Waals surface area contributed by atoms with Gasteiger partial charge >= 0.3 is 6.18 Å². The van der Waals surface area contributed by atoms with E-state index in [1.807, 2.05) is 0 Å². The summed E-state index contributed by atoms with van der Waals surface area (Å²) in [5.41, 5.74) is -2.53. The van der Waals surface area contributed by atoms with Crippen molar-refractivity contribution in [1.29, 1.82) is 0 Å². The first-order valence-corrected chi connectivity index (χ1v) is 3.01. The Labute approximate surface area is 55.2 Å². The SMILES string of the molecule is O=CC12CC1(C(F)(F)F)C2. The van der Waals surface area contributed by atoms with Crippen LogP contribution in [0.25, 0.3) is 0 Å². The van der Waals surface area contributed by atoms with Gasteiger partial charge in [0.15, 0.2) is 0 Å². The van der Waals surface area contributed by atoms with Gasteiger partial charge in [-0.25, -0.2) is 0 Å². The van der Waals surface area contributed by atoms with Crippen molar-refractivity contribution >= 4 is 6.29 Å². The van der Waals surface area contributed by atoms with Gasteiger partial charge in [0.05, 0.1) is 5.41 Å². The standard InChI is InChI=1S/C6H5F3O/c7-6(8,9)5-1-4(5,2-5)3-10/h3H,1-2H2. The van der Waals surface area contributed by atoms with Gasteiger partial charge in [-0.05, 0) is 12.8 Å². The number of aldehydes is 1. The fraction of sp³-hybridized carbons (Fsp3) is 0.833. The Balaban J connectivity index is 2.21. The number of fused-ring (bicyclic) bond motifs is 1. The minimum Gasteiger partial charge on any atom is -0.303 e. The van der Waals surface area contributed by atoms with Gasteiger partial charge < -0.3 is 4.79 Å². The number of hydrogen-bond donors (Lipinski definition) is 0. The summed E-state index contributed by atoms with van der Waals surface area (Å²) in [5.74, 6) is 0. The van der Waals surface area contributed by atoms with Gasteiger partial charge in [-0.15, -0.1) is 0 Å². The average Bonchev–Trinajstić information content (AvgIpc) is 2.42. The molecule has 0 aromatic carbocycles. The fourth-order valence-corrected chi connectivity index (χ4v) is 1.62. The molecule has 2 fully saturated rings. The maximum atomic E-state index is 11.9. The Hall–Kier alpha value is -0.540. The first kappa shape index (κ1) is 6.19. The van der Waals surface area contributed by atoms with Crippen molar-refractivity contribution in [1.82, 2.24) is 0 Å². The van der Waals surface area contributed by atoms with Crippen LogP contribution < -0.4 is 0 Å². The van der Waals surface area contributed by atoms with Crippen LogP contribution in [0.4, 0.5) is 13.2 Å². The zero-order valence-electron chi connectivity index (χ0n) is 5.03. The molecule has 56 valence electrons. The highest BCUT2D eigenvalue weighted by molar-refractivity contribution is 5.75. The van der Waals surface area contributed by atoms with E-state index >= 15 is 0 Å². The summed E-state index contributed by atoms with van der Waals surface area (Å²) in [6.07, 6.45) is -3.62. The van der Waals surface area contributed by atoms with Crippen LogP contribution in [-0.2, 0) is 4.79 Å². The summed E-state index contributed by atoms with van der Waals surface area (Å²) in [5, 5.41) is 0. The van der Waals surface area contributed by atoms with Crippen LogP contribution in [0.2, 0.25) is 0 Å². The third-order valence-corrected chi connectivity index (χ3v) is 2.71. The molecule has 0 amide bonds. The number of halogens is 3. The lowest BCUT2D eigenvalue weighted by atomic mass is 10.2. The molecule has 0 spiro atoms. The Bertz CT molecular complexity index is 200. The Kier molecular flexibility index (Phi) is 0.696. The molecular formula is C6H5F3O. The van der Waals surface area contributed by atoms with Gasteiger partial charge in [0.25, 0.3) is 0 Å². The van der Waals surface area contributed by atoms with Crippen molar-refractivity contribution < 1.29 is 18.0 Å². The van der Waals surface area contributed by atoms with Crippen LogP contribution in [-0.4, -0.2) is 12.5 Å². The lowest BCUT2D eigenvalue weighted by Crippen LogP contribution is -2.16. The van der Waals surface area contributed by atoms with E-state index in [9.17, 15) is 18.0 Å². The number of carbonyl (C=O) groups excluding carboxylic acids is 1. The van der Waals surface area contributed by atoms with E-state index in [-0.39, 0.29) is 12.8 Å². The Morgan fingerprint density at radius 3 is 1.90 bits per heavy atom. The molecule has 0 heterocycles. The van der Waals surface area contributed by atoms with Crippen LogP contribution >= 0.6 is 0 Å². The van der Waals surface area contributed by atoms with Crippen molar-refractivity contribution in [2.45, 2.75) is 19.0 Å². The summed E-state index contributed by atoms with van der Waals surface area (Å²) in [4.78, 5) is 10.1.